The predicted octanol–water partition coefficient (Wildman–Crippen LogP) is 3.70. The Morgan fingerprint density at radius 2 is 1.43 bits per heavy atom. The van der Waals surface area contributed by atoms with Crippen molar-refractivity contribution in [1.82, 2.24) is 0 Å². The summed E-state index contributed by atoms with van der Waals surface area (Å²) in [6, 6.07) is -0.575. The lowest BCUT2D eigenvalue weighted by molar-refractivity contribution is 0.144. The molecule has 0 aliphatic rings. The predicted molar refractivity (Wildman–Crippen MR) is 91.2 cm³/mol. The number of unbranched alkanes of at least 4 members (excludes halogenated alkanes) is 8. The lowest BCUT2D eigenvalue weighted by atomic mass is 10.1. The molecule has 0 aliphatic heterocycles. The quantitative estimate of drug-likeness (QED) is 0.338. The Hall–Kier alpha value is -0.640. The minimum Gasteiger partial charge on any atom is -0.395 e. The van der Waals surface area contributed by atoms with E-state index in [2.05, 4.69) is 19.1 Å². The maximum atomic E-state index is 9.51. The van der Waals surface area contributed by atoms with Crippen LogP contribution in [0.3, 0.4) is 0 Å². The Kier molecular flexibility index (Phi) is 15.3. The summed E-state index contributed by atoms with van der Waals surface area (Å²) in [6.45, 7) is 2.06. The van der Waals surface area contributed by atoms with Crippen molar-refractivity contribution < 1.29 is 10.2 Å². The Bertz CT molecular complexity index is 264. The largest absolute Gasteiger partial charge is 0.395 e. The topological polar surface area (TPSA) is 66.5 Å². The van der Waals surface area contributed by atoms with Gasteiger partial charge >= 0.3 is 0 Å². The van der Waals surface area contributed by atoms with Crippen LogP contribution in [-0.2, 0) is 0 Å². The van der Waals surface area contributed by atoms with Gasteiger partial charge in [-0.1, -0.05) is 69.8 Å². The van der Waals surface area contributed by atoms with Crippen LogP contribution in [0, 0.1) is 0 Å². The average molecular weight is 297 g/mol. The van der Waals surface area contributed by atoms with Gasteiger partial charge in [0, 0.05) is 0 Å². The Balaban J connectivity index is 3.35. The average Bonchev–Trinajstić information content (AvgIpc) is 2.50. The van der Waals surface area contributed by atoms with Crippen molar-refractivity contribution >= 4 is 0 Å². The molecule has 0 spiro atoms. The number of aliphatic hydroxyl groups excluding tert-OH is 2. The van der Waals surface area contributed by atoms with Gasteiger partial charge in [0.05, 0.1) is 18.8 Å². The van der Waals surface area contributed by atoms with Crippen LogP contribution in [0.2, 0.25) is 0 Å². The summed E-state index contributed by atoms with van der Waals surface area (Å²) in [5.41, 5.74) is 5.50. The van der Waals surface area contributed by atoms with E-state index in [1.807, 2.05) is 6.08 Å². The van der Waals surface area contributed by atoms with Gasteiger partial charge in [0.1, 0.15) is 0 Å². The standard InChI is InChI=1S/C18H35NO2/c1-2-3-4-5-6-7-8-9-10-11-12-13-14-15-18(21)17(19)16-20/h10-11,14-15,17-18,20-21H,2-9,12-13,16,19H2,1H3/b11-10+,15-14+/t17-,18+/m1/s1. The lowest BCUT2D eigenvalue weighted by Gasteiger charge is -2.11. The smallest absolute Gasteiger partial charge is 0.0894 e. The SMILES string of the molecule is CCCCCCCCC/C=C/CC/C=C/[C@H](O)[C@H](N)CO. The number of aliphatic hydroxyl groups is 2. The number of rotatable bonds is 14. The third-order valence-corrected chi connectivity index (χ3v) is 3.62. The fourth-order valence-electron chi connectivity index (χ4n) is 2.13. The second-order valence-electron chi connectivity index (χ2n) is 5.72. The molecule has 0 saturated carbocycles. The van der Waals surface area contributed by atoms with Gasteiger partial charge in [-0.15, -0.1) is 0 Å². The van der Waals surface area contributed by atoms with E-state index >= 15 is 0 Å². The summed E-state index contributed by atoms with van der Waals surface area (Å²) < 4.78 is 0. The molecule has 0 bridgehead atoms. The maximum Gasteiger partial charge on any atom is 0.0894 e. The van der Waals surface area contributed by atoms with E-state index in [0.717, 1.165) is 12.8 Å². The summed E-state index contributed by atoms with van der Waals surface area (Å²) >= 11 is 0. The van der Waals surface area contributed by atoms with Crippen LogP contribution in [0.5, 0.6) is 0 Å². The Morgan fingerprint density at radius 1 is 0.857 bits per heavy atom. The van der Waals surface area contributed by atoms with Crippen molar-refractivity contribution in [1.29, 1.82) is 0 Å². The summed E-state index contributed by atoms with van der Waals surface area (Å²) in [6.07, 6.45) is 19.9. The molecule has 0 heterocycles. The van der Waals surface area contributed by atoms with E-state index in [1.54, 1.807) is 6.08 Å². The first-order chi connectivity index (χ1) is 10.2. The zero-order valence-electron chi connectivity index (χ0n) is 13.7. The molecule has 124 valence electrons. The highest BCUT2D eigenvalue weighted by atomic mass is 16.3. The van der Waals surface area contributed by atoms with E-state index in [1.165, 1.54) is 51.4 Å². The molecular weight excluding hydrogens is 262 g/mol. The van der Waals surface area contributed by atoms with Crippen LogP contribution >= 0.6 is 0 Å². The summed E-state index contributed by atoms with van der Waals surface area (Å²) in [5.74, 6) is 0. The zero-order valence-corrected chi connectivity index (χ0v) is 13.7. The van der Waals surface area contributed by atoms with Gasteiger partial charge in [-0.25, -0.2) is 0 Å². The van der Waals surface area contributed by atoms with Crippen LogP contribution in [0.4, 0.5) is 0 Å². The normalized spacial score (nSPS) is 15.0. The van der Waals surface area contributed by atoms with Crippen molar-refractivity contribution in [2.45, 2.75) is 83.3 Å². The first-order valence-corrected chi connectivity index (χ1v) is 8.58. The molecule has 0 rings (SSSR count). The molecular formula is C18H35NO2. The van der Waals surface area contributed by atoms with Gasteiger partial charge in [0.2, 0.25) is 0 Å². The molecule has 0 amide bonds. The summed E-state index contributed by atoms with van der Waals surface area (Å²) in [7, 11) is 0. The third-order valence-electron chi connectivity index (χ3n) is 3.62. The summed E-state index contributed by atoms with van der Waals surface area (Å²) in [5, 5.41) is 18.3. The molecule has 0 radical (unpaired) electrons. The number of hydrogen-bond acceptors (Lipinski definition) is 3. The van der Waals surface area contributed by atoms with Crippen molar-refractivity contribution in [3.8, 4) is 0 Å². The number of allylic oxidation sites excluding steroid dienone is 3. The molecule has 0 aromatic heterocycles. The molecule has 0 aromatic rings. The molecule has 0 aliphatic carbocycles. The first-order valence-electron chi connectivity index (χ1n) is 8.58. The third kappa shape index (κ3) is 14.1. The van der Waals surface area contributed by atoms with Gasteiger partial charge in [-0.3, -0.25) is 0 Å². The molecule has 0 unspecified atom stereocenters. The summed E-state index contributed by atoms with van der Waals surface area (Å²) in [4.78, 5) is 0. The highest BCUT2D eigenvalue weighted by Crippen LogP contribution is 2.09. The monoisotopic (exact) mass is 297 g/mol. The highest BCUT2D eigenvalue weighted by molar-refractivity contribution is 4.95. The zero-order chi connectivity index (χ0) is 15.8. The minimum absolute atomic E-state index is 0.191. The Labute approximate surface area is 130 Å². The van der Waals surface area contributed by atoms with E-state index in [-0.39, 0.29) is 6.61 Å². The van der Waals surface area contributed by atoms with Crippen molar-refractivity contribution in [3.63, 3.8) is 0 Å². The Morgan fingerprint density at radius 3 is 2.10 bits per heavy atom. The van der Waals surface area contributed by atoms with Gasteiger partial charge in [0.25, 0.3) is 0 Å². The van der Waals surface area contributed by atoms with E-state index in [9.17, 15) is 5.11 Å². The molecule has 0 fully saturated rings. The van der Waals surface area contributed by atoms with E-state index in [0.29, 0.717) is 0 Å². The molecule has 0 saturated heterocycles. The molecule has 2 atom stereocenters. The van der Waals surface area contributed by atoms with Crippen LogP contribution in [-0.4, -0.2) is 29.0 Å². The van der Waals surface area contributed by atoms with Gasteiger partial charge in [0.15, 0.2) is 0 Å². The van der Waals surface area contributed by atoms with Crippen LogP contribution in [0.15, 0.2) is 24.3 Å². The molecule has 4 N–H and O–H groups in total. The lowest BCUT2D eigenvalue weighted by Crippen LogP contribution is -2.36. The van der Waals surface area contributed by atoms with Crippen LogP contribution in [0.25, 0.3) is 0 Å². The van der Waals surface area contributed by atoms with Crippen LogP contribution in [0.1, 0.15) is 71.1 Å². The molecule has 3 heteroatoms. The maximum absolute atomic E-state index is 9.51. The van der Waals surface area contributed by atoms with Crippen molar-refractivity contribution in [2.24, 2.45) is 5.73 Å². The second-order valence-corrected chi connectivity index (χ2v) is 5.72. The molecule has 3 nitrogen and oxygen atoms in total. The first kappa shape index (κ1) is 20.4. The van der Waals surface area contributed by atoms with E-state index in [4.69, 9.17) is 10.8 Å². The van der Waals surface area contributed by atoms with Gasteiger partial charge in [-0.2, -0.15) is 0 Å². The van der Waals surface area contributed by atoms with E-state index < -0.39 is 12.1 Å². The number of nitrogens with two attached hydrogens (primary N) is 1. The fraction of sp³-hybridized carbons (Fsp3) is 0.778. The fourth-order valence-corrected chi connectivity index (χ4v) is 2.13. The second kappa shape index (κ2) is 15.7. The van der Waals surface area contributed by atoms with Crippen LogP contribution < -0.4 is 5.73 Å². The van der Waals surface area contributed by atoms with Crippen molar-refractivity contribution in [2.75, 3.05) is 6.61 Å². The van der Waals surface area contributed by atoms with Crippen molar-refractivity contribution in [3.05, 3.63) is 24.3 Å². The molecule has 21 heavy (non-hydrogen) atoms. The highest BCUT2D eigenvalue weighted by Gasteiger charge is 2.08. The minimum atomic E-state index is -0.744. The molecule has 0 aromatic carbocycles. The van der Waals surface area contributed by atoms with Gasteiger partial charge in [-0.05, 0) is 25.7 Å². The number of hydrogen-bond donors (Lipinski definition) is 3. The van der Waals surface area contributed by atoms with Gasteiger partial charge < -0.3 is 15.9 Å².